The molecule has 0 aliphatic rings. The minimum Gasteiger partial charge on any atom is -0.462 e. The van der Waals surface area contributed by atoms with E-state index in [1.807, 2.05) is 0 Å². The number of carbonyl (C=O) groups is 4. The average Bonchev–Trinajstić information content (AvgIpc) is 2.53. The summed E-state index contributed by atoms with van der Waals surface area (Å²) in [5, 5.41) is 10.6. The molecule has 0 saturated carbocycles. The van der Waals surface area contributed by atoms with Crippen LogP contribution < -0.4 is 0 Å². The molecule has 0 spiro atoms. The van der Waals surface area contributed by atoms with Gasteiger partial charge in [0.1, 0.15) is 19.3 Å². The fourth-order valence-electron chi connectivity index (χ4n) is 10.6. The van der Waals surface area contributed by atoms with Crippen LogP contribution in [0.4, 0.5) is 0 Å². The highest BCUT2D eigenvalue weighted by molar-refractivity contribution is 7.47. The summed E-state index contributed by atoms with van der Waals surface area (Å²) < 4.78 is 68.2. The molecule has 4 unspecified atom stereocenters. The topological polar surface area (TPSA) is 237 Å². The quantitative estimate of drug-likeness (QED) is 0.0222. The molecule has 0 bridgehead atoms. The monoisotopic (exact) mass is 1320 g/mol. The van der Waals surface area contributed by atoms with E-state index in [1.165, 1.54) is 148 Å². The normalized spacial score (nSPS) is 14.6. The molecule has 0 aliphatic carbocycles. The van der Waals surface area contributed by atoms with Crippen molar-refractivity contribution in [2.75, 3.05) is 39.6 Å². The summed E-state index contributed by atoms with van der Waals surface area (Å²) in [5.41, 5.74) is 0. The number of aliphatic hydroxyl groups excluding tert-OH is 1. The van der Waals surface area contributed by atoms with Gasteiger partial charge in [0.15, 0.2) is 12.2 Å². The highest BCUT2D eigenvalue weighted by Crippen LogP contribution is 2.45. The molecule has 0 aromatic rings. The third-order valence-electron chi connectivity index (χ3n) is 16.7. The van der Waals surface area contributed by atoms with Crippen molar-refractivity contribution >= 4 is 39.5 Å². The van der Waals surface area contributed by atoms with Gasteiger partial charge in [-0.3, -0.25) is 37.3 Å². The maximum atomic E-state index is 13.0. The second-order valence-corrected chi connectivity index (χ2v) is 30.2. The van der Waals surface area contributed by atoms with Crippen molar-refractivity contribution in [3.05, 3.63) is 0 Å². The Morgan fingerprint density at radius 3 is 0.789 bits per heavy atom. The first-order valence-electron chi connectivity index (χ1n) is 36.7. The Morgan fingerprint density at radius 2 is 0.533 bits per heavy atom. The molecule has 90 heavy (non-hydrogen) atoms. The largest absolute Gasteiger partial charge is 0.472 e. The van der Waals surface area contributed by atoms with Crippen molar-refractivity contribution in [3.8, 4) is 0 Å². The van der Waals surface area contributed by atoms with Crippen molar-refractivity contribution in [2.24, 2.45) is 23.7 Å². The zero-order valence-electron chi connectivity index (χ0n) is 58.8. The molecule has 0 aromatic carbocycles. The number of ether oxygens (including phenoxy) is 4. The number of esters is 4. The molecule has 0 radical (unpaired) electrons. The fourth-order valence-corrected chi connectivity index (χ4v) is 12.2. The van der Waals surface area contributed by atoms with Crippen LogP contribution in [0.2, 0.25) is 0 Å². The van der Waals surface area contributed by atoms with E-state index in [0.717, 1.165) is 108 Å². The summed E-state index contributed by atoms with van der Waals surface area (Å²) in [6.45, 7) is 14.0. The Balaban J connectivity index is 5.20. The minimum atomic E-state index is -4.95. The zero-order chi connectivity index (χ0) is 66.8. The van der Waals surface area contributed by atoms with Gasteiger partial charge in [0, 0.05) is 25.7 Å². The molecule has 3 N–H and O–H groups in total. The van der Waals surface area contributed by atoms with Gasteiger partial charge in [-0.25, -0.2) is 9.13 Å². The molecule has 0 heterocycles. The van der Waals surface area contributed by atoms with Gasteiger partial charge in [0.05, 0.1) is 26.4 Å². The molecule has 0 fully saturated rings. The summed E-state index contributed by atoms with van der Waals surface area (Å²) >= 11 is 0. The number of aliphatic hydroxyl groups is 1. The number of rotatable bonds is 68. The third-order valence-corrected chi connectivity index (χ3v) is 18.6. The smallest absolute Gasteiger partial charge is 0.462 e. The van der Waals surface area contributed by atoms with Gasteiger partial charge in [-0.15, -0.1) is 0 Å². The molecule has 0 amide bonds. The van der Waals surface area contributed by atoms with Crippen LogP contribution in [0.1, 0.15) is 351 Å². The Morgan fingerprint density at radius 1 is 0.311 bits per heavy atom. The summed E-state index contributed by atoms with van der Waals surface area (Å²) in [6.07, 6.45) is 43.4. The zero-order valence-corrected chi connectivity index (χ0v) is 60.6. The second kappa shape index (κ2) is 60.7. The van der Waals surface area contributed by atoms with Crippen molar-refractivity contribution in [3.63, 3.8) is 0 Å². The molecule has 17 nitrogen and oxygen atoms in total. The van der Waals surface area contributed by atoms with Gasteiger partial charge in [0.2, 0.25) is 0 Å². The van der Waals surface area contributed by atoms with Crippen molar-refractivity contribution < 1.29 is 80.2 Å². The summed E-state index contributed by atoms with van der Waals surface area (Å²) in [4.78, 5) is 72.5. The Hall–Kier alpha value is -1.94. The van der Waals surface area contributed by atoms with Crippen LogP contribution in [0.5, 0.6) is 0 Å². The Bertz CT molecular complexity index is 1780. The first-order chi connectivity index (χ1) is 43.1. The molecule has 19 heteroatoms. The lowest BCUT2D eigenvalue weighted by molar-refractivity contribution is -0.161. The number of unbranched alkanes of at least 4 members (excludes halogenated alkanes) is 33. The Labute approximate surface area is 549 Å². The van der Waals surface area contributed by atoms with Crippen LogP contribution in [-0.4, -0.2) is 96.7 Å². The molecular weight excluding hydrogens is 1190 g/mol. The van der Waals surface area contributed by atoms with Crippen molar-refractivity contribution in [1.82, 2.24) is 0 Å². The molecule has 0 aromatic heterocycles. The molecule has 0 rings (SSSR count). The van der Waals surface area contributed by atoms with E-state index in [-0.39, 0.29) is 25.7 Å². The predicted molar refractivity (Wildman–Crippen MR) is 363 cm³/mol. The molecular formula is C71H138O17P2. The van der Waals surface area contributed by atoms with Gasteiger partial charge in [-0.2, -0.15) is 0 Å². The molecule has 0 saturated heterocycles. The maximum absolute atomic E-state index is 13.0. The van der Waals surface area contributed by atoms with E-state index >= 15 is 0 Å². The fraction of sp³-hybridized carbons (Fsp3) is 0.944. The highest BCUT2D eigenvalue weighted by Gasteiger charge is 2.30. The first kappa shape index (κ1) is 88.1. The van der Waals surface area contributed by atoms with E-state index in [9.17, 15) is 43.2 Å². The van der Waals surface area contributed by atoms with Crippen LogP contribution in [0, 0.1) is 23.7 Å². The average molecular weight is 1330 g/mol. The lowest BCUT2D eigenvalue weighted by Gasteiger charge is -2.21. The predicted octanol–water partition coefficient (Wildman–Crippen LogP) is 20.1. The van der Waals surface area contributed by atoms with Crippen molar-refractivity contribution in [2.45, 2.75) is 369 Å². The van der Waals surface area contributed by atoms with E-state index in [4.69, 9.17) is 37.0 Å². The highest BCUT2D eigenvalue weighted by atomic mass is 31.2. The standard InChI is InChI=1S/C71H138O17P2/c1-9-64(8)50-42-34-25-20-21-26-35-43-51-68(73)81-57-66(87-70(75)53-45-37-27-19-17-15-13-11-10-12-14-16-18-23-31-39-47-61(2)3)59-85-89(77,78)83-55-65(72)56-84-90(79,80)86-60-67(88-71(76)54-46-38-30-29-33-41-49-63(6)7)58-82-69(74)52-44-36-28-22-24-32-40-48-62(4)5/h61-67,72H,9-60H2,1-8H3,(H,77,78)(H,79,80)/t64?,65?,66-,67-/m1/s1. The first-order valence-corrected chi connectivity index (χ1v) is 39.7. The van der Waals surface area contributed by atoms with E-state index in [1.54, 1.807) is 0 Å². The van der Waals surface area contributed by atoms with Gasteiger partial charge in [0.25, 0.3) is 0 Å². The summed E-state index contributed by atoms with van der Waals surface area (Å²) in [6, 6.07) is 0. The van der Waals surface area contributed by atoms with Crippen molar-refractivity contribution in [1.29, 1.82) is 0 Å². The lowest BCUT2D eigenvalue weighted by atomic mass is 9.99. The molecule has 0 aliphatic heterocycles. The van der Waals surface area contributed by atoms with Gasteiger partial charge < -0.3 is 33.8 Å². The number of hydrogen-bond acceptors (Lipinski definition) is 15. The van der Waals surface area contributed by atoms with E-state index in [0.29, 0.717) is 37.5 Å². The van der Waals surface area contributed by atoms with Gasteiger partial charge in [-0.1, -0.05) is 299 Å². The third kappa shape index (κ3) is 63.5. The summed E-state index contributed by atoms with van der Waals surface area (Å²) in [5.74, 6) is 0.828. The number of phosphoric ester groups is 2. The minimum absolute atomic E-state index is 0.101. The number of carbonyl (C=O) groups excluding carboxylic acids is 4. The van der Waals surface area contributed by atoms with Crippen LogP contribution in [-0.2, 0) is 65.4 Å². The molecule has 6 atom stereocenters. The van der Waals surface area contributed by atoms with Gasteiger partial charge >= 0.3 is 39.5 Å². The van der Waals surface area contributed by atoms with Crippen LogP contribution >= 0.6 is 15.6 Å². The second-order valence-electron chi connectivity index (χ2n) is 27.3. The van der Waals surface area contributed by atoms with Crippen LogP contribution in [0.15, 0.2) is 0 Å². The number of phosphoric acid groups is 2. The number of hydrogen-bond donors (Lipinski definition) is 3. The summed E-state index contributed by atoms with van der Waals surface area (Å²) in [7, 11) is -9.90. The van der Waals surface area contributed by atoms with E-state index < -0.39 is 97.5 Å². The SMILES string of the molecule is CCC(C)CCCCCCCCCCC(=O)OC[C@H](COP(=O)(O)OCC(O)COP(=O)(O)OC[C@@H](COC(=O)CCCCCCCCCC(C)C)OC(=O)CCCCCCCCC(C)C)OC(=O)CCCCCCCCCCCCCCCCCCC(C)C. The van der Waals surface area contributed by atoms with Crippen LogP contribution in [0.25, 0.3) is 0 Å². The van der Waals surface area contributed by atoms with E-state index in [2.05, 4.69) is 55.4 Å². The van der Waals surface area contributed by atoms with Crippen LogP contribution in [0.3, 0.4) is 0 Å². The maximum Gasteiger partial charge on any atom is 0.472 e. The molecule has 534 valence electrons. The van der Waals surface area contributed by atoms with Gasteiger partial charge in [-0.05, 0) is 49.4 Å². The lowest BCUT2D eigenvalue weighted by Crippen LogP contribution is -2.30. The Kier molecular flexibility index (Phi) is 59.4.